The van der Waals surface area contributed by atoms with E-state index in [0.29, 0.717) is 12.0 Å². The lowest BCUT2D eigenvalue weighted by atomic mass is 10.2. The van der Waals surface area contributed by atoms with Crippen molar-refractivity contribution < 1.29 is 29.3 Å². The van der Waals surface area contributed by atoms with E-state index in [2.05, 4.69) is 18.5 Å². The van der Waals surface area contributed by atoms with Gasteiger partial charge in [-0.2, -0.15) is 0 Å². The number of aliphatic hydroxyl groups excluding tert-OH is 2. The van der Waals surface area contributed by atoms with Crippen LogP contribution in [0.5, 0.6) is 0 Å². The molecule has 0 fully saturated rings. The van der Waals surface area contributed by atoms with Gasteiger partial charge in [-0.3, -0.25) is 0 Å². The fourth-order valence-electron chi connectivity index (χ4n) is 1.36. The first-order valence-corrected chi connectivity index (χ1v) is 7.00. The molecule has 22 heavy (non-hydrogen) atoms. The number of aliphatic hydroxyl groups is 2. The predicted octanol–water partition coefficient (Wildman–Crippen LogP) is -0.0735. The Labute approximate surface area is 130 Å². The number of carbonyl (C=O) groups is 2. The average molecular weight is 315 g/mol. The van der Waals surface area contributed by atoms with Gasteiger partial charge in [0.15, 0.2) is 0 Å². The molecule has 1 unspecified atom stereocenters. The molecule has 7 heteroatoms. The summed E-state index contributed by atoms with van der Waals surface area (Å²) < 4.78 is 10.1. The molecule has 1 atom stereocenters. The summed E-state index contributed by atoms with van der Waals surface area (Å²) >= 11 is 0. The van der Waals surface area contributed by atoms with Crippen LogP contribution in [0.2, 0.25) is 0 Å². The third-order valence-electron chi connectivity index (χ3n) is 2.81. The Morgan fingerprint density at radius 1 is 1.05 bits per heavy atom. The van der Waals surface area contributed by atoms with Crippen LogP contribution in [0.3, 0.4) is 0 Å². The molecule has 126 valence electrons. The van der Waals surface area contributed by atoms with E-state index in [1.807, 2.05) is 0 Å². The number of esters is 2. The van der Waals surface area contributed by atoms with Crippen molar-refractivity contribution in [3.8, 4) is 0 Å². The Morgan fingerprint density at radius 3 is 1.95 bits per heavy atom. The van der Waals surface area contributed by atoms with Gasteiger partial charge in [-0.1, -0.05) is 20.1 Å². The number of hydrogen-bond donors (Lipinski definition) is 3. The van der Waals surface area contributed by atoms with Crippen molar-refractivity contribution in [1.82, 2.24) is 5.32 Å². The number of nitrogens with one attached hydrogen (secondary N) is 1. The van der Waals surface area contributed by atoms with Gasteiger partial charge < -0.3 is 25.0 Å². The van der Waals surface area contributed by atoms with Crippen molar-refractivity contribution in [3.63, 3.8) is 0 Å². The van der Waals surface area contributed by atoms with Crippen molar-refractivity contribution in [3.05, 3.63) is 24.3 Å². The van der Waals surface area contributed by atoms with Crippen LogP contribution in [0.25, 0.3) is 0 Å². The van der Waals surface area contributed by atoms with Gasteiger partial charge in [-0.15, -0.1) is 0 Å². The molecule has 7 nitrogen and oxygen atoms in total. The van der Waals surface area contributed by atoms with Crippen LogP contribution in [0.15, 0.2) is 24.3 Å². The summed E-state index contributed by atoms with van der Waals surface area (Å²) in [4.78, 5) is 23.0. The zero-order valence-electron chi connectivity index (χ0n) is 13.1. The second kappa shape index (κ2) is 10.9. The van der Waals surface area contributed by atoms with Gasteiger partial charge in [0, 0.05) is 11.1 Å². The molecule has 0 aliphatic heterocycles. The van der Waals surface area contributed by atoms with Crippen LogP contribution in [-0.2, 0) is 19.1 Å². The molecule has 0 amide bonds. The molecule has 0 bridgehead atoms. The topological polar surface area (TPSA) is 105 Å². The first-order chi connectivity index (χ1) is 10.3. The molecule has 0 aromatic rings. The number of ether oxygens (including phenoxy) is 2. The number of hydrogen-bond acceptors (Lipinski definition) is 7. The summed E-state index contributed by atoms with van der Waals surface area (Å²) in [7, 11) is 0. The maximum atomic E-state index is 11.6. The van der Waals surface area contributed by atoms with E-state index in [1.165, 1.54) is 6.92 Å². The summed E-state index contributed by atoms with van der Waals surface area (Å²) in [6.07, 6.45) is 0.470. The Hall–Kier alpha value is -1.70. The van der Waals surface area contributed by atoms with Crippen LogP contribution in [0, 0.1) is 0 Å². The second-order valence-corrected chi connectivity index (χ2v) is 4.86. The molecule has 0 aromatic carbocycles. The molecule has 0 aromatic heterocycles. The molecule has 0 spiro atoms. The molecular formula is C15H25NO6. The minimum Gasteiger partial charge on any atom is -0.461 e. The van der Waals surface area contributed by atoms with E-state index in [-0.39, 0.29) is 32.0 Å². The Balaban J connectivity index is 4.57. The van der Waals surface area contributed by atoms with Crippen molar-refractivity contribution >= 4 is 11.9 Å². The second-order valence-electron chi connectivity index (χ2n) is 4.86. The largest absolute Gasteiger partial charge is 0.461 e. The van der Waals surface area contributed by atoms with Gasteiger partial charge in [-0.05, 0) is 13.3 Å². The molecule has 0 heterocycles. The molecule has 0 aliphatic rings. The molecule has 0 saturated carbocycles. The average Bonchev–Trinajstić information content (AvgIpc) is 2.52. The van der Waals surface area contributed by atoms with E-state index in [4.69, 9.17) is 19.7 Å². The maximum absolute atomic E-state index is 11.6. The zero-order valence-corrected chi connectivity index (χ0v) is 13.1. The maximum Gasteiger partial charge on any atom is 0.333 e. The van der Waals surface area contributed by atoms with Gasteiger partial charge in [0.2, 0.25) is 0 Å². The SMILES string of the molecule is C=C(C)C(=O)OCC(COC(=O)C(=C)CC)NC(CO)CO. The summed E-state index contributed by atoms with van der Waals surface area (Å²) in [5.41, 5.74) is 0.578. The normalized spacial score (nSPS) is 11.9. The molecule has 0 radical (unpaired) electrons. The lowest BCUT2D eigenvalue weighted by Gasteiger charge is -2.23. The third-order valence-corrected chi connectivity index (χ3v) is 2.81. The molecule has 3 N–H and O–H groups in total. The van der Waals surface area contributed by atoms with Gasteiger partial charge in [0.05, 0.1) is 25.3 Å². The van der Waals surface area contributed by atoms with E-state index in [9.17, 15) is 9.59 Å². The first kappa shape index (κ1) is 20.3. The standard InChI is InChI=1S/C15H25NO6/c1-5-11(4)15(20)22-9-13(16-12(6-17)7-18)8-21-14(19)10(2)3/h12-13,16-18H,2,4-9H2,1,3H3. The summed E-state index contributed by atoms with van der Waals surface area (Å²) in [5.74, 6) is -1.11. The fraction of sp³-hybridized carbons (Fsp3) is 0.600. The minimum absolute atomic E-state index is 0.0855. The van der Waals surface area contributed by atoms with E-state index in [1.54, 1.807) is 6.92 Å². The summed E-state index contributed by atoms with van der Waals surface area (Å²) in [6, 6.07) is -1.18. The lowest BCUT2D eigenvalue weighted by Crippen LogP contribution is -2.48. The van der Waals surface area contributed by atoms with Crippen molar-refractivity contribution in [2.45, 2.75) is 32.4 Å². The lowest BCUT2D eigenvalue weighted by molar-refractivity contribution is -0.143. The van der Waals surface area contributed by atoms with Crippen LogP contribution < -0.4 is 5.32 Å². The highest BCUT2D eigenvalue weighted by Crippen LogP contribution is 2.02. The van der Waals surface area contributed by atoms with Crippen molar-refractivity contribution in [2.75, 3.05) is 26.4 Å². The Morgan fingerprint density at radius 2 is 1.55 bits per heavy atom. The summed E-state index contributed by atoms with van der Waals surface area (Å²) in [6.45, 7) is 9.53. The Bertz CT molecular complexity index is 403. The summed E-state index contributed by atoms with van der Waals surface area (Å²) in [5, 5.41) is 21.0. The monoisotopic (exact) mass is 315 g/mol. The number of carbonyl (C=O) groups excluding carboxylic acids is 2. The molecule has 0 rings (SSSR count). The smallest absolute Gasteiger partial charge is 0.333 e. The van der Waals surface area contributed by atoms with Crippen LogP contribution in [-0.4, -0.2) is 60.7 Å². The van der Waals surface area contributed by atoms with Gasteiger partial charge in [0.1, 0.15) is 13.2 Å². The first-order valence-electron chi connectivity index (χ1n) is 7.00. The van der Waals surface area contributed by atoms with Gasteiger partial charge >= 0.3 is 11.9 Å². The van der Waals surface area contributed by atoms with Crippen LogP contribution in [0.4, 0.5) is 0 Å². The fourth-order valence-corrected chi connectivity index (χ4v) is 1.36. The van der Waals surface area contributed by atoms with E-state index >= 15 is 0 Å². The zero-order chi connectivity index (χ0) is 17.1. The predicted molar refractivity (Wildman–Crippen MR) is 81.0 cm³/mol. The third kappa shape index (κ3) is 7.92. The van der Waals surface area contributed by atoms with Gasteiger partial charge in [-0.25, -0.2) is 9.59 Å². The highest BCUT2D eigenvalue weighted by molar-refractivity contribution is 5.87. The van der Waals surface area contributed by atoms with Crippen molar-refractivity contribution in [1.29, 1.82) is 0 Å². The highest BCUT2D eigenvalue weighted by Gasteiger charge is 2.19. The van der Waals surface area contributed by atoms with E-state index in [0.717, 1.165) is 0 Å². The molecular weight excluding hydrogens is 290 g/mol. The molecule has 0 aliphatic carbocycles. The molecule has 0 saturated heterocycles. The quantitative estimate of drug-likeness (QED) is 0.362. The van der Waals surface area contributed by atoms with Crippen LogP contribution in [0.1, 0.15) is 20.3 Å². The van der Waals surface area contributed by atoms with Crippen molar-refractivity contribution in [2.24, 2.45) is 0 Å². The van der Waals surface area contributed by atoms with Crippen LogP contribution >= 0.6 is 0 Å². The minimum atomic E-state index is -0.610. The Kier molecular flexibility index (Phi) is 10.1. The van der Waals surface area contributed by atoms with E-state index < -0.39 is 24.0 Å². The van der Waals surface area contributed by atoms with Gasteiger partial charge in [0.25, 0.3) is 0 Å². The highest BCUT2D eigenvalue weighted by atomic mass is 16.5. The number of rotatable bonds is 11.